The maximum absolute atomic E-state index is 12.9. The van der Waals surface area contributed by atoms with E-state index in [-0.39, 0.29) is 12.0 Å². The van der Waals surface area contributed by atoms with Gasteiger partial charge in [-0.3, -0.25) is 4.79 Å². The molecule has 27 heavy (non-hydrogen) atoms. The Balaban J connectivity index is 1.52. The molecule has 0 aliphatic carbocycles. The van der Waals surface area contributed by atoms with Crippen LogP contribution in [0.3, 0.4) is 0 Å². The molecule has 0 bridgehead atoms. The molecule has 0 spiro atoms. The van der Waals surface area contributed by atoms with Crippen LogP contribution in [0.15, 0.2) is 36.4 Å². The first-order valence-electron chi connectivity index (χ1n) is 9.17. The number of aryl methyl sites for hydroxylation is 3. The van der Waals surface area contributed by atoms with Crippen LogP contribution in [0, 0.1) is 20.8 Å². The van der Waals surface area contributed by atoms with Crippen molar-refractivity contribution in [2.75, 3.05) is 20.2 Å². The summed E-state index contributed by atoms with van der Waals surface area (Å²) < 4.78 is 11.7. The van der Waals surface area contributed by atoms with Gasteiger partial charge < -0.3 is 19.4 Å². The number of nitrogens with zero attached hydrogens (tertiary/aromatic N) is 1. The summed E-state index contributed by atoms with van der Waals surface area (Å²) >= 11 is 0. The molecule has 0 radical (unpaired) electrons. The van der Waals surface area contributed by atoms with Crippen molar-refractivity contribution < 1.29 is 14.3 Å². The van der Waals surface area contributed by atoms with Crippen molar-refractivity contribution in [3.63, 3.8) is 0 Å². The van der Waals surface area contributed by atoms with Crippen molar-refractivity contribution in [2.24, 2.45) is 0 Å². The molecule has 1 aliphatic rings. The van der Waals surface area contributed by atoms with Gasteiger partial charge in [0, 0.05) is 18.0 Å². The van der Waals surface area contributed by atoms with Gasteiger partial charge in [-0.15, -0.1) is 0 Å². The highest BCUT2D eigenvalue weighted by Gasteiger charge is 2.25. The molecule has 0 fully saturated rings. The van der Waals surface area contributed by atoms with Crippen LogP contribution in [-0.4, -0.2) is 42.1 Å². The molecule has 1 atom stereocenters. The lowest BCUT2D eigenvalue weighted by molar-refractivity contribution is 0.0518. The molecular weight excluding hydrogens is 340 g/mol. The standard InChI is InChI=1S/C22H24N2O3/c1-13-9-14(2)17-10-18(23-21(17)15(13)3)22(25)24(4)11-16-12-26-19-7-5-6-8-20(19)27-16/h5-10,16,23H,11-12H2,1-4H3/t16-/m0/s1. The summed E-state index contributed by atoms with van der Waals surface area (Å²) in [7, 11) is 1.79. The highest BCUT2D eigenvalue weighted by molar-refractivity contribution is 5.99. The molecule has 1 aromatic heterocycles. The number of fused-ring (bicyclic) bond motifs is 2. The number of H-pyrrole nitrogens is 1. The number of aromatic amines is 1. The van der Waals surface area contributed by atoms with Gasteiger partial charge in [-0.05, 0) is 55.7 Å². The lowest BCUT2D eigenvalue weighted by Gasteiger charge is -2.29. The highest BCUT2D eigenvalue weighted by atomic mass is 16.6. The number of carbonyl (C=O) groups is 1. The summed E-state index contributed by atoms with van der Waals surface area (Å²) in [4.78, 5) is 17.9. The van der Waals surface area contributed by atoms with Crippen molar-refractivity contribution >= 4 is 16.8 Å². The monoisotopic (exact) mass is 364 g/mol. The summed E-state index contributed by atoms with van der Waals surface area (Å²) in [5, 5.41) is 1.10. The Morgan fingerprint density at radius 3 is 2.67 bits per heavy atom. The predicted octanol–water partition coefficient (Wildman–Crippen LogP) is 4.01. The number of carbonyl (C=O) groups excluding carboxylic acids is 1. The average Bonchev–Trinajstić information content (AvgIpc) is 3.11. The first-order chi connectivity index (χ1) is 12.9. The van der Waals surface area contributed by atoms with Gasteiger partial charge in [0.2, 0.25) is 0 Å². The second-order valence-electron chi connectivity index (χ2n) is 7.29. The minimum Gasteiger partial charge on any atom is -0.486 e. The van der Waals surface area contributed by atoms with E-state index in [1.165, 1.54) is 16.7 Å². The fraction of sp³-hybridized carbons (Fsp3) is 0.318. The number of likely N-dealkylation sites (N-methyl/N-ethyl adjacent to an activating group) is 1. The lowest BCUT2D eigenvalue weighted by Crippen LogP contribution is -2.41. The van der Waals surface area contributed by atoms with E-state index >= 15 is 0 Å². The van der Waals surface area contributed by atoms with Gasteiger partial charge in [0.25, 0.3) is 5.91 Å². The zero-order chi connectivity index (χ0) is 19.1. The molecule has 0 unspecified atom stereocenters. The molecular formula is C22H24N2O3. The van der Waals surface area contributed by atoms with Gasteiger partial charge in [0.05, 0.1) is 6.54 Å². The topological polar surface area (TPSA) is 54.6 Å². The van der Waals surface area contributed by atoms with Gasteiger partial charge in [0.15, 0.2) is 17.6 Å². The Labute approximate surface area is 158 Å². The van der Waals surface area contributed by atoms with Gasteiger partial charge in [0.1, 0.15) is 12.3 Å². The molecule has 5 nitrogen and oxygen atoms in total. The van der Waals surface area contributed by atoms with E-state index in [1.807, 2.05) is 30.3 Å². The van der Waals surface area contributed by atoms with Crippen molar-refractivity contribution in [3.05, 3.63) is 58.8 Å². The maximum Gasteiger partial charge on any atom is 0.270 e. The molecule has 2 heterocycles. The van der Waals surface area contributed by atoms with Gasteiger partial charge >= 0.3 is 0 Å². The number of benzene rings is 2. The Morgan fingerprint density at radius 2 is 1.89 bits per heavy atom. The normalized spacial score (nSPS) is 15.8. The van der Waals surface area contributed by atoms with Crippen LogP contribution in [0.4, 0.5) is 0 Å². The number of nitrogens with one attached hydrogen (secondary N) is 1. The summed E-state index contributed by atoms with van der Waals surface area (Å²) in [5.74, 6) is 1.42. The third kappa shape index (κ3) is 3.14. The number of aromatic nitrogens is 1. The third-order valence-corrected chi connectivity index (χ3v) is 5.26. The van der Waals surface area contributed by atoms with Crippen LogP contribution < -0.4 is 9.47 Å². The fourth-order valence-corrected chi connectivity index (χ4v) is 3.63. The quantitative estimate of drug-likeness (QED) is 0.764. The number of ether oxygens (including phenoxy) is 2. The van der Waals surface area contributed by atoms with Crippen molar-refractivity contribution in [3.8, 4) is 11.5 Å². The second-order valence-corrected chi connectivity index (χ2v) is 7.29. The number of hydrogen-bond acceptors (Lipinski definition) is 3. The van der Waals surface area contributed by atoms with Crippen molar-refractivity contribution in [2.45, 2.75) is 26.9 Å². The Hall–Kier alpha value is -2.95. The van der Waals surface area contributed by atoms with Crippen LogP contribution in [0.2, 0.25) is 0 Å². The van der Waals surface area contributed by atoms with E-state index < -0.39 is 0 Å². The molecule has 1 aliphatic heterocycles. The largest absolute Gasteiger partial charge is 0.486 e. The maximum atomic E-state index is 12.9. The lowest BCUT2D eigenvalue weighted by atomic mass is 10.0. The molecule has 3 aromatic rings. The van der Waals surface area contributed by atoms with Crippen molar-refractivity contribution in [1.29, 1.82) is 0 Å². The Morgan fingerprint density at radius 1 is 1.15 bits per heavy atom. The molecule has 5 heteroatoms. The van der Waals surface area contributed by atoms with Gasteiger partial charge in [-0.25, -0.2) is 0 Å². The first kappa shape index (κ1) is 17.5. The number of amides is 1. The van der Waals surface area contributed by atoms with Crippen LogP contribution >= 0.6 is 0 Å². The highest BCUT2D eigenvalue weighted by Crippen LogP contribution is 2.31. The zero-order valence-electron chi connectivity index (χ0n) is 16.1. The minimum absolute atomic E-state index is 0.0508. The van der Waals surface area contributed by atoms with E-state index in [0.717, 1.165) is 22.4 Å². The molecule has 140 valence electrons. The first-order valence-corrected chi connectivity index (χ1v) is 9.17. The predicted molar refractivity (Wildman–Crippen MR) is 106 cm³/mol. The second kappa shape index (κ2) is 6.65. The average molecular weight is 364 g/mol. The van der Waals surface area contributed by atoms with E-state index in [4.69, 9.17) is 9.47 Å². The number of para-hydroxylation sites is 2. The molecule has 1 amide bonds. The summed E-state index contributed by atoms with van der Waals surface area (Å²) in [5.41, 5.74) is 5.21. The van der Waals surface area contributed by atoms with Crippen LogP contribution in [0.5, 0.6) is 11.5 Å². The molecule has 2 aromatic carbocycles. The molecule has 0 saturated carbocycles. The summed E-state index contributed by atoms with van der Waals surface area (Å²) in [6.45, 7) is 7.13. The summed E-state index contributed by atoms with van der Waals surface area (Å²) in [6.07, 6.45) is -0.191. The van der Waals surface area contributed by atoms with Crippen LogP contribution in [-0.2, 0) is 0 Å². The molecule has 1 N–H and O–H groups in total. The van der Waals surface area contributed by atoms with Crippen LogP contribution in [0.1, 0.15) is 27.2 Å². The van der Waals surface area contributed by atoms with Crippen LogP contribution in [0.25, 0.3) is 10.9 Å². The smallest absolute Gasteiger partial charge is 0.270 e. The minimum atomic E-state index is -0.191. The summed E-state index contributed by atoms with van der Waals surface area (Å²) in [6, 6.07) is 11.7. The van der Waals surface area contributed by atoms with E-state index in [1.54, 1.807) is 11.9 Å². The number of rotatable bonds is 3. The number of hydrogen-bond donors (Lipinski definition) is 1. The Kier molecular flexibility index (Phi) is 4.30. The Bertz CT molecular complexity index is 1020. The van der Waals surface area contributed by atoms with E-state index in [9.17, 15) is 4.79 Å². The van der Waals surface area contributed by atoms with Gasteiger partial charge in [-0.1, -0.05) is 18.2 Å². The fourth-order valence-electron chi connectivity index (χ4n) is 3.63. The molecule has 0 saturated heterocycles. The third-order valence-electron chi connectivity index (χ3n) is 5.26. The molecule has 4 rings (SSSR count). The SMILES string of the molecule is Cc1cc(C)c2cc(C(=O)N(C)C[C@H]3COc4ccccc4O3)[nH]c2c1C. The van der Waals surface area contributed by atoms with E-state index in [2.05, 4.69) is 31.8 Å². The van der Waals surface area contributed by atoms with E-state index in [0.29, 0.717) is 18.8 Å². The van der Waals surface area contributed by atoms with Crippen molar-refractivity contribution in [1.82, 2.24) is 9.88 Å². The van der Waals surface area contributed by atoms with Gasteiger partial charge in [-0.2, -0.15) is 0 Å². The zero-order valence-corrected chi connectivity index (χ0v) is 16.1.